The van der Waals surface area contributed by atoms with Gasteiger partial charge in [-0.05, 0) is 37.0 Å². The molecule has 0 bridgehead atoms. The summed E-state index contributed by atoms with van der Waals surface area (Å²) >= 11 is 0. The fourth-order valence-electron chi connectivity index (χ4n) is 4.52. The molecule has 2 aromatic rings. The van der Waals surface area contributed by atoms with Gasteiger partial charge in [-0.25, -0.2) is 0 Å². The van der Waals surface area contributed by atoms with Crippen molar-refractivity contribution >= 4 is 16.9 Å². The maximum atomic E-state index is 12.8. The van der Waals surface area contributed by atoms with Crippen LogP contribution in [0.3, 0.4) is 0 Å². The Hall–Kier alpha value is -2.11. The van der Waals surface area contributed by atoms with Crippen molar-refractivity contribution in [1.82, 2.24) is 9.88 Å². The first-order chi connectivity index (χ1) is 12.1. The number of hydrogen-bond donors (Lipinski definition) is 2. The average molecular weight is 339 g/mol. The number of nitrogens with two attached hydrogens (primary N) is 1. The number of rotatable bonds is 2. The van der Waals surface area contributed by atoms with Gasteiger partial charge in [-0.2, -0.15) is 0 Å². The molecular weight excluding hydrogens is 314 g/mol. The van der Waals surface area contributed by atoms with E-state index in [2.05, 4.69) is 34.2 Å². The molecule has 0 amide bonds. The highest BCUT2D eigenvalue weighted by Gasteiger charge is 2.43. The van der Waals surface area contributed by atoms with Crippen molar-refractivity contribution in [1.29, 1.82) is 0 Å². The van der Waals surface area contributed by atoms with E-state index in [1.165, 1.54) is 18.1 Å². The third-order valence-electron chi connectivity index (χ3n) is 5.63. The summed E-state index contributed by atoms with van der Waals surface area (Å²) in [4.78, 5) is 18.8. The Labute approximate surface area is 147 Å². The Kier molecular flexibility index (Phi) is 4.13. The fraction of sp³-hybridized carbons (Fsp3) is 0.450. The standard InChI is InChI=1S/C20H25N3O2/c1-12(21)13-7-5-10-23-11-9-15-14-6-3-4-8-16(14)22-18(15)17(19(13)23)20(24)25-2/h3-4,6-8,12,17,19,22H,5,9-11,21H2,1-2H3. The third-order valence-corrected chi connectivity index (χ3v) is 5.63. The normalized spacial score (nSPS) is 24.8. The van der Waals surface area contributed by atoms with Crippen molar-refractivity contribution in [3.8, 4) is 0 Å². The van der Waals surface area contributed by atoms with Crippen LogP contribution in [-0.4, -0.2) is 48.1 Å². The lowest BCUT2D eigenvalue weighted by atomic mass is 9.83. The molecule has 0 saturated heterocycles. The number of carbonyl (C=O) groups is 1. The zero-order valence-electron chi connectivity index (χ0n) is 14.8. The van der Waals surface area contributed by atoms with Crippen LogP contribution in [0.2, 0.25) is 0 Å². The molecule has 0 fully saturated rings. The number of nitrogens with one attached hydrogen (secondary N) is 1. The highest BCUT2D eigenvalue weighted by Crippen LogP contribution is 2.39. The highest BCUT2D eigenvalue weighted by molar-refractivity contribution is 5.89. The smallest absolute Gasteiger partial charge is 0.316 e. The number of carbonyl (C=O) groups excluding carboxylic acids is 1. The average Bonchev–Trinajstić information content (AvgIpc) is 2.90. The topological polar surface area (TPSA) is 71.4 Å². The van der Waals surface area contributed by atoms with Gasteiger partial charge in [0.1, 0.15) is 5.92 Å². The number of fused-ring (bicyclic) bond motifs is 4. The largest absolute Gasteiger partial charge is 0.468 e. The van der Waals surface area contributed by atoms with Crippen LogP contribution in [-0.2, 0) is 16.0 Å². The molecule has 0 radical (unpaired) electrons. The first kappa shape index (κ1) is 16.4. The summed E-state index contributed by atoms with van der Waals surface area (Å²) in [7, 11) is 1.47. The molecule has 0 spiro atoms. The predicted octanol–water partition coefficient (Wildman–Crippen LogP) is 2.33. The minimum Gasteiger partial charge on any atom is -0.468 e. The molecule has 1 aromatic heterocycles. The molecule has 132 valence electrons. The van der Waals surface area contributed by atoms with Crippen molar-refractivity contribution in [3.05, 3.63) is 47.2 Å². The van der Waals surface area contributed by atoms with E-state index >= 15 is 0 Å². The van der Waals surface area contributed by atoms with Gasteiger partial charge in [-0.15, -0.1) is 0 Å². The first-order valence-corrected chi connectivity index (χ1v) is 8.98. The van der Waals surface area contributed by atoms with E-state index in [1.807, 2.05) is 13.0 Å². The lowest BCUT2D eigenvalue weighted by Crippen LogP contribution is -2.49. The van der Waals surface area contributed by atoms with Crippen LogP contribution in [0.1, 0.15) is 30.5 Å². The minimum atomic E-state index is -0.368. The molecule has 3 atom stereocenters. The summed E-state index contributed by atoms with van der Waals surface area (Å²) in [5.74, 6) is -0.564. The van der Waals surface area contributed by atoms with E-state index < -0.39 is 0 Å². The second-order valence-corrected chi connectivity index (χ2v) is 7.08. The van der Waals surface area contributed by atoms with E-state index in [0.717, 1.165) is 42.7 Å². The summed E-state index contributed by atoms with van der Waals surface area (Å²) in [5, 5.41) is 1.21. The van der Waals surface area contributed by atoms with E-state index in [9.17, 15) is 4.79 Å². The molecule has 4 rings (SSSR count). The molecule has 3 heterocycles. The maximum Gasteiger partial charge on any atom is 0.316 e. The molecule has 5 heteroatoms. The Balaban J connectivity index is 1.92. The molecule has 3 N–H and O–H groups in total. The van der Waals surface area contributed by atoms with Crippen molar-refractivity contribution in [3.63, 3.8) is 0 Å². The molecule has 0 saturated carbocycles. The van der Waals surface area contributed by atoms with Crippen LogP contribution >= 0.6 is 0 Å². The number of aromatic amines is 1. The SMILES string of the molecule is COC(=O)C1c2[nH]c3ccccc3c2CCN2CCC=C(C(C)N)C12. The highest BCUT2D eigenvalue weighted by atomic mass is 16.5. The second-order valence-electron chi connectivity index (χ2n) is 7.08. The molecule has 5 nitrogen and oxygen atoms in total. The van der Waals surface area contributed by atoms with Crippen LogP contribution in [0.4, 0.5) is 0 Å². The number of aromatic nitrogens is 1. The van der Waals surface area contributed by atoms with Gasteiger partial charge in [0, 0.05) is 35.7 Å². The number of nitrogens with zero attached hydrogens (tertiary/aromatic N) is 1. The molecule has 2 aliphatic rings. The summed E-state index contributed by atoms with van der Waals surface area (Å²) < 4.78 is 5.22. The van der Waals surface area contributed by atoms with Crippen molar-refractivity contribution < 1.29 is 9.53 Å². The molecule has 25 heavy (non-hydrogen) atoms. The van der Waals surface area contributed by atoms with Crippen molar-refractivity contribution in [2.24, 2.45) is 5.73 Å². The quantitative estimate of drug-likeness (QED) is 0.651. The summed E-state index contributed by atoms with van der Waals surface area (Å²) in [6, 6.07) is 8.16. The van der Waals surface area contributed by atoms with Crippen LogP contribution in [0.15, 0.2) is 35.9 Å². The molecular formula is C20H25N3O2. The number of ether oxygens (including phenoxy) is 1. The van der Waals surface area contributed by atoms with Gasteiger partial charge in [0.25, 0.3) is 0 Å². The molecule has 2 aliphatic heterocycles. The number of H-pyrrole nitrogens is 1. The van der Waals surface area contributed by atoms with Crippen LogP contribution in [0.25, 0.3) is 10.9 Å². The zero-order valence-corrected chi connectivity index (χ0v) is 14.8. The summed E-state index contributed by atoms with van der Waals surface area (Å²) in [6.45, 7) is 3.88. The van der Waals surface area contributed by atoms with Crippen LogP contribution < -0.4 is 5.73 Å². The summed E-state index contributed by atoms with van der Waals surface area (Å²) in [5.41, 5.74) is 10.7. The number of esters is 1. The van der Waals surface area contributed by atoms with E-state index in [0.29, 0.717) is 0 Å². The number of hydrogen-bond acceptors (Lipinski definition) is 4. The number of methoxy groups -OCH3 is 1. The molecule has 0 aliphatic carbocycles. The first-order valence-electron chi connectivity index (χ1n) is 8.98. The Morgan fingerprint density at radius 1 is 1.36 bits per heavy atom. The van der Waals surface area contributed by atoms with Gasteiger partial charge in [-0.3, -0.25) is 9.69 Å². The minimum absolute atomic E-state index is 0.0319. The molecule has 1 aromatic carbocycles. The van der Waals surface area contributed by atoms with E-state index in [4.69, 9.17) is 10.5 Å². The summed E-state index contributed by atoms with van der Waals surface area (Å²) in [6.07, 6.45) is 4.13. The predicted molar refractivity (Wildman–Crippen MR) is 98.5 cm³/mol. The molecule has 3 unspecified atom stereocenters. The Bertz CT molecular complexity index is 837. The fourth-order valence-corrected chi connectivity index (χ4v) is 4.52. The van der Waals surface area contributed by atoms with E-state index in [1.54, 1.807) is 0 Å². The number of benzene rings is 1. The maximum absolute atomic E-state index is 12.8. The van der Waals surface area contributed by atoms with Gasteiger partial charge in [0.2, 0.25) is 0 Å². The second kappa shape index (κ2) is 6.32. The Morgan fingerprint density at radius 2 is 2.16 bits per heavy atom. The van der Waals surface area contributed by atoms with Gasteiger partial charge in [-0.1, -0.05) is 24.3 Å². The van der Waals surface area contributed by atoms with Crippen LogP contribution in [0.5, 0.6) is 0 Å². The van der Waals surface area contributed by atoms with Gasteiger partial charge in [0.15, 0.2) is 0 Å². The number of para-hydroxylation sites is 1. The van der Waals surface area contributed by atoms with Gasteiger partial charge >= 0.3 is 5.97 Å². The third kappa shape index (κ3) is 2.58. The monoisotopic (exact) mass is 339 g/mol. The van der Waals surface area contributed by atoms with Crippen molar-refractivity contribution in [2.75, 3.05) is 20.2 Å². The van der Waals surface area contributed by atoms with Gasteiger partial charge < -0.3 is 15.5 Å². The lowest BCUT2D eigenvalue weighted by molar-refractivity contribution is -0.144. The lowest BCUT2D eigenvalue weighted by Gasteiger charge is -2.39. The Morgan fingerprint density at radius 3 is 2.92 bits per heavy atom. The van der Waals surface area contributed by atoms with Crippen LogP contribution in [0, 0.1) is 0 Å². The van der Waals surface area contributed by atoms with Crippen molar-refractivity contribution in [2.45, 2.75) is 37.8 Å². The van der Waals surface area contributed by atoms with Gasteiger partial charge in [0.05, 0.1) is 13.2 Å². The zero-order chi connectivity index (χ0) is 17.6. The van der Waals surface area contributed by atoms with E-state index in [-0.39, 0.29) is 24.0 Å².